The molecule has 0 saturated carbocycles. The van der Waals surface area contributed by atoms with Crippen molar-refractivity contribution in [2.45, 2.75) is 0 Å². The maximum atomic E-state index is 2.23. The Morgan fingerprint density at radius 3 is 2.62 bits per heavy atom. The zero-order valence-electron chi connectivity index (χ0n) is 7.65. The van der Waals surface area contributed by atoms with Crippen molar-refractivity contribution in [2.75, 3.05) is 19.0 Å². The highest BCUT2D eigenvalue weighted by molar-refractivity contribution is 7.16. The van der Waals surface area contributed by atoms with E-state index in [0.717, 1.165) is 0 Å². The first kappa shape index (κ1) is 8.78. The summed E-state index contributed by atoms with van der Waals surface area (Å²) in [6.07, 6.45) is 0. The molecule has 0 N–H and O–H groups in total. The van der Waals surface area contributed by atoms with Gasteiger partial charge in [-0.2, -0.15) is 0 Å². The van der Waals surface area contributed by atoms with Gasteiger partial charge in [0.15, 0.2) is 0 Å². The molecule has 68 valence electrons. The van der Waals surface area contributed by atoms with E-state index in [1.54, 1.807) is 22.7 Å². The average Bonchev–Trinajstić information content (AvgIpc) is 2.75. The van der Waals surface area contributed by atoms with Crippen molar-refractivity contribution in [3.8, 4) is 10.4 Å². The summed E-state index contributed by atoms with van der Waals surface area (Å²) in [5.74, 6) is 0. The van der Waals surface area contributed by atoms with E-state index in [1.165, 1.54) is 15.4 Å². The minimum Gasteiger partial charge on any atom is -0.370 e. The van der Waals surface area contributed by atoms with Crippen molar-refractivity contribution in [3.05, 3.63) is 29.0 Å². The molecule has 0 unspecified atom stereocenters. The van der Waals surface area contributed by atoms with E-state index in [1.807, 2.05) is 0 Å². The lowest BCUT2D eigenvalue weighted by Gasteiger charge is -2.06. The molecule has 0 aromatic carbocycles. The third kappa shape index (κ3) is 1.76. The van der Waals surface area contributed by atoms with Gasteiger partial charge in [-0.15, -0.1) is 22.7 Å². The predicted molar refractivity (Wildman–Crippen MR) is 62.0 cm³/mol. The summed E-state index contributed by atoms with van der Waals surface area (Å²) in [7, 11) is 4.15. The average molecular weight is 209 g/mol. The van der Waals surface area contributed by atoms with Crippen LogP contribution in [0.4, 0.5) is 5.00 Å². The van der Waals surface area contributed by atoms with Crippen LogP contribution >= 0.6 is 22.7 Å². The molecule has 1 nitrogen and oxygen atoms in total. The lowest BCUT2D eigenvalue weighted by atomic mass is 10.3. The molecule has 0 fully saturated rings. The summed E-state index contributed by atoms with van der Waals surface area (Å²) < 4.78 is 0. The van der Waals surface area contributed by atoms with E-state index >= 15 is 0 Å². The van der Waals surface area contributed by atoms with Gasteiger partial charge in [-0.3, -0.25) is 0 Å². The Labute approximate surface area is 86.3 Å². The minimum absolute atomic E-state index is 1.31. The van der Waals surface area contributed by atoms with Crippen molar-refractivity contribution in [1.29, 1.82) is 0 Å². The Morgan fingerprint density at radius 2 is 2.08 bits per heavy atom. The molecule has 13 heavy (non-hydrogen) atoms. The van der Waals surface area contributed by atoms with Crippen molar-refractivity contribution in [2.24, 2.45) is 0 Å². The lowest BCUT2D eigenvalue weighted by Crippen LogP contribution is -2.05. The van der Waals surface area contributed by atoms with Crippen LogP contribution < -0.4 is 4.90 Å². The normalized spacial score (nSPS) is 10.3. The highest BCUT2D eigenvalue weighted by atomic mass is 32.1. The summed E-state index contributed by atoms with van der Waals surface area (Å²) in [6, 6.07) is 6.48. The fourth-order valence-corrected chi connectivity index (χ4v) is 2.77. The minimum atomic E-state index is 1.31. The first-order valence-electron chi connectivity index (χ1n) is 4.07. The van der Waals surface area contributed by atoms with Gasteiger partial charge in [0.1, 0.15) is 0 Å². The SMILES string of the molecule is CN(C)c1cc(-c2cccs2)cs1. The molecule has 0 atom stereocenters. The molecule has 3 heteroatoms. The molecule has 2 aromatic heterocycles. The second-order valence-corrected chi connectivity index (χ2v) is 4.88. The Hall–Kier alpha value is -0.800. The van der Waals surface area contributed by atoms with Crippen molar-refractivity contribution < 1.29 is 0 Å². The molecule has 0 spiro atoms. The van der Waals surface area contributed by atoms with Crippen LogP contribution in [0.2, 0.25) is 0 Å². The molecule has 2 heterocycles. The van der Waals surface area contributed by atoms with Crippen molar-refractivity contribution in [3.63, 3.8) is 0 Å². The lowest BCUT2D eigenvalue weighted by molar-refractivity contribution is 1.16. The Balaban J connectivity index is 2.33. The molecular weight excluding hydrogens is 198 g/mol. The van der Waals surface area contributed by atoms with Crippen LogP contribution in [-0.4, -0.2) is 14.1 Å². The van der Waals surface area contributed by atoms with Crippen LogP contribution in [0.25, 0.3) is 10.4 Å². The van der Waals surface area contributed by atoms with Crippen LogP contribution in [0.1, 0.15) is 0 Å². The van der Waals surface area contributed by atoms with Crippen molar-refractivity contribution in [1.82, 2.24) is 0 Å². The van der Waals surface area contributed by atoms with E-state index < -0.39 is 0 Å². The summed E-state index contributed by atoms with van der Waals surface area (Å²) in [6.45, 7) is 0. The molecule has 2 aromatic rings. The second kappa shape index (κ2) is 3.52. The Bertz CT molecular complexity index is 373. The maximum Gasteiger partial charge on any atom is 0.0910 e. The number of hydrogen-bond donors (Lipinski definition) is 0. The number of nitrogens with zero attached hydrogens (tertiary/aromatic N) is 1. The van der Waals surface area contributed by atoms with Gasteiger partial charge in [-0.25, -0.2) is 0 Å². The summed E-state index contributed by atoms with van der Waals surface area (Å²) in [5.41, 5.74) is 1.34. The molecule has 0 saturated heterocycles. The molecule has 0 bridgehead atoms. The maximum absolute atomic E-state index is 2.23. The standard InChI is InChI=1S/C10H11NS2/c1-11(2)10-6-8(7-13-10)9-4-3-5-12-9/h3-7H,1-2H3. The second-order valence-electron chi connectivity index (χ2n) is 3.05. The molecular formula is C10H11NS2. The predicted octanol–water partition coefficient (Wildman–Crippen LogP) is 3.54. The fraction of sp³-hybridized carbons (Fsp3) is 0.200. The van der Waals surface area contributed by atoms with Gasteiger partial charge >= 0.3 is 0 Å². The monoisotopic (exact) mass is 209 g/mol. The summed E-state index contributed by atoms with van der Waals surface area (Å²) >= 11 is 3.58. The molecule has 0 amide bonds. The molecule has 0 aliphatic heterocycles. The van der Waals surface area contributed by atoms with E-state index in [-0.39, 0.29) is 0 Å². The molecule has 2 rings (SSSR count). The summed E-state index contributed by atoms with van der Waals surface area (Å²) in [4.78, 5) is 3.49. The van der Waals surface area contributed by atoms with E-state index in [2.05, 4.69) is 48.0 Å². The van der Waals surface area contributed by atoms with Crippen LogP contribution in [0.3, 0.4) is 0 Å². The smallest absolute Gasteiger partial charge is 0.0910 e. The number of thiophene rings is 2. The third-order valence-electron chi connectivity index (χ3n) is 1.83. The number of hydrogen-bond acceptors (Lipinski definition) is 3. The van der Waals surface area contributed by atoms with Crippen LogP contribution in [0.15, 0.2) is 29.0 Å². The van der Waals surface area contributed by atoms with E-state index in [4.69, 9.17) is 0 Å². The van der Waals surface area contributed by atoms with Crippen LogP contribution in [-0.2, 0) is 0 Å². The molecule has 0 radical (unpaired) electrons. The van der Waals surface area contributed by atoms with Gasteiger partial charge in [0.05, 0.1) is 5.00 Å². The van der Waals surface area contributed by atoms with Gasteiger partial charge in [0.2, 0.25) is 0 Å². The zero-order valence-corrected chi connectivity index (χ0v) is 9.28. The number of rotatable bonds is 2. The van der Waals surface area contributed by atoms with E-state index in [9.17, 15) is 0 Å². The molecule has 0 aliphatic carbocycles. The quantitative estimate of drug-likeness (QED) is 0.731. The Morgan fingerprint density at radius 1 is 1.23 bits per heavy atom. The van der Waals surface area contributed by atoms with Gasteiger partial charge in [0, 0.05) is 29.9 Å². The van der Waals surface area contributed by atoms with Gasteiger partial charge in [-0.1, -0.05) is 6.07 Å². The summed E-state index contributed by atoms with van der Waals surface area (Å²) in [5, 5.41) is 5.63. The highest BCUT2D eigenvalue weighted by Gasteiger charge is 2.03. The fourth-order valence-electron chi connectivity index (χ4n) is 1.13. The van der Waals surface area contributed by atoms with E-state index in [0.29, 0.717) is 0 Å². The number of anilines is 1. The van der Waals surface area contributed by atoms with Gasteiger partial charge in [-0.05, 0) is 17.5 Å². The first-order chi connectivity index (χ1) is 6.27. The first-order valence-corrected chi connectivity index (χ1v) is 5.83. The Kier molecular flexibility index (Phi) is 2.38. The molecule has 0 aliphatic rings. The van der Waals surface area contributed by atoms with Crippen LogP contribution in [0.5, 0.6) is 0 Å². The van der Waals surface area contributed by atoms with Crippen LogP contribution in [0, 0.1) is 0 Å². The van der Waals surface area contributed by atoms with Gasteiger partial charge < -0.3 is 4.90 Å². The topological polar surface area (TPSA) is 3.24 Å². The van der Waals surface area contributed by atoms with Crippen molar-refractivity contribution >= 4 is 27.7 Å². The largest absolute Gasteiger partial charge is 0.370 e. The van der Waals surface area contributed by atoms with Gasteiger partial charge in [0.25, 0.3) is 0 Å². The zero-order chi connectivity index (χ0) is 9.26. The third-order valence-corrected chi connectivity index (χ3v) is 3.85. The highest BCUT2D eigenvalue weighted by Crippen LogP contribution is 2.32.